The van der Waals surface area contributed by atoms with Crippen LogP contribution in [0.2, 0.25) is 0 Å². The first-order chi connectivity index (χ1) is 16.7. The number of piperazine rings is 1. The molecule has 2 amide bonds. The number of hydrogen-bond acceptors (Lipinski definition) is 6. The van der Waals surface area contributed by atoms with Gasteiger partial charge >= 0.3 is 0 Å². The first kappa shape index (κ1) is 23.7. The molecule has 1 aromatic heterocycles. The van der Waals surface area contributed by atoms with Crippen molar-refractivity contribution in [1.29, 1.82) is 0 Å². The van der Waals surface area contributed by atoms with Crippen LogP contribution in [-0.2, 0) is 4.79 Å². The molecule has 3 heterocycles. The molecule has 3 fully saturated rings. The van der Waals surface area contributed by atoms with E-state index in [9.17, 15) is 9.59 Å². The number of anilines is 2. The lowest BCUT2D eigenvalue weighted by Crippen LogP contribution is -2.48. The molecule has 186 valence electrons. The molecule has 2 saturated heterocycles. The number of amides is 2. The molecule has 0 radical (unpaired) electrons. The van der Waals surface area contributed by atoms with Crippen LogP contribution in [0.5, 0.6) is 0 Å². The van der Waals surface area contributed by atoms with Crippen molar-refractivity contribution in [2.45, 2.75) is 46.1 Å². The molecule has 35 heavy (non-hydrogen) atoms. The van der Waals surface area contributed by atoms with Gasteiger partial charge < -0.3 is 15.1 Å². The number of nitrogens with zero attached hydrogens (tertiary/aromatic N) is 5. The van der Waals surface area contributed by atoms with Gasteiger partial charge in [-0.05, 0) is 54.4 Å². The molecular formula is C27H36N6O2. The van der Waals surface area contributed by atoms with E-state index >= 15 is 0 Å². The molecular weight excluding hydrogens is 440 g/mol. The number of hydrogen-bond donors (Lipinski definition) is 1. The van der Waals surface area contributed by atoms with Crippen LogP contribution < -0.4 is 10.2 Å². The van der Waals surface area contributed by atoms with Crippen LogP contribution in [0.3, 0.4) is 0 Å². The van der Waals surface area contributed by atoms with Gasteiger partial charge in [-0.1, -0.05) is 20.8 Å². The van der Waals surface area contributed by atoms with E-state index in [0.29, 0.717) is 18.2 Å². The van der Waals surface area contributed by atoms with Crippen LogP contribution in [-0.4, -0.2) is 76.9 Å². The van der Waals surface area contributed by atoms with Gasteiger partial charge in [0.15, 0.2) is 0 Å². The van der Waals surface area contributed by atoms with Crippen molar-refractivity contribution in [3.63, 3.8) is 0 Å². The quantitative estimate of drug-likeness (QED) is 0.713. The molecule has 2 aliphatic heterocycles. The Hall–Kier alpha value is -3.00. The summed E-state index contributed by atoms with van der Waals surface area (Å²) in [6.45, 7) is 11.4. The van der Waals surface area contributed by atoms with Gasteiger partial charge in [-0.3, -0.25) is 19.5 Å². The number of rotatable bonds is 5. The maximum Gasteiger partial charge on any atom is 0.254 e. The minimum absolute atomic E-state index is 0.0412. The van der Waals surface area contributed by atoms with Gasteiger partial charge in [-0.15, -0.1) is 0 Å². The SMILES string of the molecule is CC1(C)CC2CC(C)(CN2C(=O)c2ccc(NC(=O)CN3CCN(c4cnccn4)CC3)cc2)C1. The Bertz CT molecular complexity index is 1060. The fraction of sp³-hybridized carbons (Fsp3) is 0.556. The first-order valence-electron chi connectivity index (χ1n) is 12.6. The topological polar surface area (TPSA) is 81.7 Å². The third-order valence-corrected chi connectivity index (χ3v) is 7.70. The Labute approximate surface area is 207 Å². The van der Waals surface area contributed by atoms with Crippen LogP contribution in [0.15, 0.2) is 42.9 Å². The molecule has 2 aromatic rings. The van der Waals surface area contributed by atoms with Crippen LogP contribution in [0.25, 0.3) is 0 Å². The summed E-state index contributed by atoms with van der Waals surface area (Å²) >= 11 is 0. The fourth-order valence-corrected chi connectivity index (χ4v) is 6.55. The first-order valence-corrected chi connectivity index (χ1v) is 12.6. The Morgan fingerprint density at radius 1 is 1.03 bits per heavy atom. The van der Waals surface area contributed by atoms with Gasteiger partial charge in [0.1, 0.15) is 5.82 Å². The Morgan fingerprint density at radius 3 is 2.46 bits per heavy atom. The number of aromatic nitrogens is 2. The summed E-state index contributed by atoms with van der Waals surface area (Å²) in [7, 11) is 0. The Kier molecular flexibility index (Phi) is 6.25. The van der Waals surface area contributed by atoms with E-state index in [4.69, 9.17) is 0 Å². The van der Waals surface area contributed by atoms with Gasteiger partial charge in [0.2, 0.25) is 5.91 Å². The molecule has 8 nitrogen and oxygen atoms in total. The highest BCUT2D eigenvalue weighted by atomic mass is 16.2. The lowest BCUT2D eigenvalue weighted by atomic mass is 9.65. The summed E-state index contributed by atoms with van der Waals surface area (Å²) in [6.07, 6.45) is 8.48. The second-order valence-corrected chi connectivity index (χ2v) is 11.6. The molecule has 2 atom stereocenters. The average Bonchev–Trinajstić information content (AvgIpc) is 3.08. The van der Waals surface area contributed by atoms with E-state index in [1.807, 2.05) is 24.3 Å². The van der Waals surface area contributed by atoms with Crippen molar-refractivity contribution in [1.82, 2.24) is 19.8 Å². The molecule has 1 aromatic carbocycles. The molecule has 1 aliphatic carbocycles. The largest absolute Gasteiger partial charge is 0.353 e. The van der Waals surface area contributed by atoms with Gasteiger partial charge in [0, 0.05) is 62.4 Å². The molecule has 1 N–H and O–H groups in total. The Balaban J connectivity index is 1.12. The number of benzene rings is 1. The zero-order valence-electron chi connectivity index (χ0n) is 21.0. The maximum atomic E-state index is 13.3. The number of carbonyl (C=O) groups is 2. The molecule has 3 aliphatic rings. The molecule has 8 heteroatoms. The normalized spacial score (nSPS) is 26.0. The van der Waals surface area contributed by atoms with Crippen molar-refractivity contribution < 1.29 is 9.59 Å². The van der Waals surface area contributed by atoms with Crippen LogP contribution in [0.1, 0.15) is 50.4 Å². The molecule has 5 rings (SSSR count). The molecule has 2 bridgehead atoms. The number of carbonyl (C=O) groups excluding carboxylic acids is 2. The van der Waals surface area contributed by atoms with Crippen LogP contribution in [0, 0.1) is 10.8 Å². The third kappa shape index (κ3) is 5.32. The molecule has 1 saturated carbocycles. The van der Waals surface area contributed by atoms with Gasteiger partial charge in [0.05, 0.1) is 12.7 Å². The molecule has 0 spiro atoms. The van der Waals surface area contributed by atoms with Crippen molar-refractivity contribution in [3.05, 3.63) is 48.4 Å². The number of likely N-dealkylation sites (tertiary alicyclic amines) is 1. The summed E-state index contributed by atoms with van der Waals surface area (Å²) in [5.74, 6) is 0.942. The van der Waals surface area contributed by atoms with Gasteiger partial charge in [0.25, 0.3) is 5.91 Å². The number of fused-ring (bicyclic) bond motifs is 2. The number of nitrogens with one attached hydrogen (secondary N) is 1. The zero-order valence-corrected chi connectivity index (χ0v) is 21.0. The van der Waals surface area contributed by atoms with E-state index in [2.05, 4.69) is 50.8 Å². The fourth-order valence-electron chi connectivity index (χ4n) is 6.55. The van der Waals surface area contributed by atoms with E-state index in [1.165, 1.54) is 6.42 Å². The average molecular weight is 477 g/mol. The minimum atomic E-state index is -0.0412. The van der Waals surface area contributed by atoms with Gasteiger partial charge in [-0.25, -0.2) is 4.98 Å². The maximum absolute atomic E-state index is 13.3. The standard InChI is InChI=1S/C27H36N6O2/c1-26(2)14-22-15-27(3,18-26)19-33(22)25(35)20-4-6-21(7-5-20)30-24(34)17-31-10-12-32(13-11-31)23-16-28-8-9-29-23/h4-9,16,22H,10-15,17-19H2,1-3H3,(H,30,34). The highest BCUT2D eigenvalue weighted by Gasteiger charge is 2.51. The highest BCUT2D eigenvalue weighted by Crippen LogP contribution is 2.52. The monoisotopic (exact) mass is 476 g/mol. The van der Waals surface area contributed by atoms with E-state index in [0.717, 1.165) is 57.1 Å². The summed E-state index contributed by atoms with van der Waals surface area (Å²) in [5.41, 5.74) is 1.91. The second kappa shape index (κ2) is 9.22. The molecule has 2 unspecified atom stereocenters. The van der Waals surface area contributed by atoms with E-state index in [1.54, 1.807) is 18.6 Å². The van der Waals surface area contributed by atoms with E-state index < -0.39 is 0 Å². The smallest absolute Gasteiger partial charge is 0.254 e. The second-order valence-electron chi connectivity index (χ2n) is 11.6. The van der Waals surface area contributed by atoms with Crippen molar-refractivity contribution in [3.8, 4) is 0 Å². The van der Waals surface area contributed by atoms with Crippen molar-refractivity contribution >= 4 is 23.3 Å². The summed E-state index contributed by atoms with van der Waals surface area (Å²) < 4.78 is 0. The van der Waals surface area contributed by atoms with Crippen LogP contribution >= 0.6 is 0 Å². The van der Waals surface area contributed by atoms with E-state index in [-0.39, 0.29) is 22.6 Å². The van der Waals surface area contributed by atoms with Crippen LogP contribution in [0.4, 0.5) is 11.5 Å². The lowest BCUT2D eigenvalue weighted by Gasteiger charge is -2.39. The summed E-state index contributed by atoms with van der Waals surface area (Å²) in [4.78, 5) is 40.8. The van der Waals surface area contributed by atoms with Crippen molar-refractivity contribution in [2.75, 3.05) is 49.5 Å². The minimum Gasteiger partial charge on any atom is -0.353 e. The summed E-state index contributed by atoms with van der Waals surface area (Å²) in [6, 6.07) is 7.68. The summed E-state index contributed by atoms with van der Waals surface area (Å²) in [5, 5.41) is 2.98. The predicted molar refractivity (Wildman–Crippen MR) is 136 cm³/mol. The Morgan fingerprint density at radius 2 is 1.77 bits per heavy atom. The van der Waals surface area contributed by atoms with Crippen molar-refractivity contribution in [2.24, 2.45) is 10.8 Å². The van der Waals surface area contributed by atoms with Gasteiger partial charge in [-0.2, -0.15) is 0 Å². The highest BCUT2D eigenvalue weighted by molar-refractivity contribution is 5.96. The third-order valence-electron chi connectivity index (χ3n) is 7.70. The predicted octanol–water partition coefficient (Wildman–Crippen LogP) is 3.28. The lowest BCUT2D eigenvalue weighted by molar-refractivity contribution is -0.117. The zero-order chi connectivity index (χ0) is 24.6.